The van der Waals surface area contributed by atoms with Gasteiger partial charge in [0.2, 0.25) is 0 Å². The van der Waals surface area contributed by atoms with Gasteiger partial charge in [-0.15, -0.1) is 0 Å². The van der Waals surface area contributed by atoms with Crippen LogP contribution in [0.1, 0.15) is 31.3 Å². The van der Waals surface area contributed by atoms with Crippen LogP contribution >= 0.6 is 11.6 Å². The zero-order valence-electron chi connectivity index (χ0n) is 9.37. The Labute approximate surface area is 94.1 Å². The Kier molecular flexibility index (Phi) is 2.43. The fourth-order valence-electron chi connectivity index (χ4n) is 1.59. The van der Waals surface area contributed by atoms with E-state index < -0.39 is 0 Å². The van der Waals surface area contributed by atoms with E-state index in [4.69, 9.17) is 11.6 Å². The van der Waals surface area contributed by atoms with Crippen LogP contribution in [0.4, 0.5) is 0 Å². The predicted molar refractivity (Wildman–Crippen MR) is 62.3 cm³/mol. The van der Waals surface area contributed by atoms with Crippen LogP contribution in [0.5, 0.6) is 0 Å². The SMILES string of the molecule is Cc1nc(C(C)C)nc2c1cc(Cl)n2C. The van der Waals surface area contributed by atoms with Gasteiger partial charge in [0.05, 0.1) is 5.69 Å². The molecule has 0 saturated carbocycles. The van der Waals surface area contributed by atoms with Crippen molar-refractivity contribution in [3.8, 4) is 0 Å². The van der Waals surface area contributed by atoms with Gasteiger partial charge in [0.1, 0.15) is 16.6 Å². The second-order valence-electron chi connectivity index (χ2n) is 4.09. The molecule has 0 radical (unpaired) electrons. The third kappa shape index (κ3) is 1.61. The molecule has 0 spiro atoms. The predicted octanol–water partition coefficient (Wildman–Crippen LogP) is 3.05. The summed E-state index contributed by atoms with van der Waals surface area (Å²) in [5.74, 6) is 1.21. The molecule has 0 unspecified atom stereocenters. The van der Waals surface area contributed by atoms with Crippen molar-refractivity contribution in [2.45, 2.75) is 26.7 Å². The number of rotatable bonds is 1. The van der Waals surface area contributed by atoms with Crippen molar-refractivity contribution in [3.63, 3.8) is 0 Å². The maximum Gasteiger partial charge on any atom is 0.144 e. The lowest BCUT2D eigenvalue weighted by Crippen LogP contribution is -2.01. The summed E-state index contributed by atoms with van der Waals surface area (Å²) >= 11 is 6.05. The molecule has 0 fully saturated rings. The van der Waals surface area contributed by atoms with Crippen LogP contribution < -0.4 is 0 Å². The molecule has 0 amide bonds. The fraction of sp³-hybridized carbons (Fsp3) is 0.455. The van der Waals surface area contributed by atoms with Crippen LogP contribution in [0.2, 0.25) is 5.15 Å². The van der Waals surface area contributed by atoms with E-state index in [1.807, 2.05) is 24.6 Å². The zero-order valence-corrected chi connectivity index (χ0v) is 10.1. The van der Waals surface area contributed by atoms with Crippen LogP contribution in [-0.2, 0) is 7.05 Å². The number of nitrogens with zero attached hydrogens (tertiary/aromatic N) is 3. The maximum atomic E-state index is 6.05. The van der Waals surface area contributed by atoms with Crippen molar-refractivity contribution in [2.24, 2.45) is 7.05 Å². The molecule has 0 N–H and O–H groups in total. The molecule has 0 saturated heterocycles. The molecular weight excluding hydrogens is 210 g/mol. The van der Waals surface area contributed by atoms with Gasteiger partial charge in [0.15, 0.2) is 0 Å². The van der Waals surface area contributed by atoms with Gasteiger partial charge in [-0.1, -0.05) is 25.4 Å². The van der Waals surface area contributed by atoms with Crippen LogP contribution in [0.15, 0.2) is 6.07 Å². The van der Waals surface area contributed by atoms with Crippen molar-refractivity contribution >= 4 is 22.6 Å². The Balaban J connectivity index is 2.79. The highest BCUT2D eigenvalue weighted by Crippen LogP contribution is 2.24. The summed E-state index contributed by atoms with van der Waals surface area (Å²) in [5.41, 5.74) is 1.91. The largest absolute Gasteiger partial charge is 0.319 e. The first-order chi connectivity index (χ1) is 7.00. The summed E-state index contributed by atoms with van der Waals surface area (Å²) in [6.07, 6.45) is 0. The van der Waals surface area contributed by atoms with Crippen LogP contribution in [0, 0.1) is 6.92 Å². The third-order valence-electron chi connectivity index (χ3n) is 2.55. The lowest BCUT2D eigenvalue weighted by Gasteiger charge is -2.06. The standard InChI is InChI=1S/C11H14ClN3/c1-6(2)10-13-7(3)8-5-9(12)15(4)11(8)14-10/h5-6H,1-4H3. The lowest BCUT2D eigenvalue weighted by molar-refractivity contribution is 0.769. The zero-order chi connectivity index (χ0) is 11.2. The van der Waals surface area contributed by atoms with Gasteiger partial charge in [-0.25, -0.2) is 9.97 Å². The van der Waals surface area contributed by atoms with Crippen molar-refractivity contribution in [1.29, 1.82) is 0 Å². The van der Waals surface area contributed by atoms with E-state index in [1.165, 1.54) is 0 Å². The molecule has 2 aromatic rings. The smallest absolute Gasteiger partial charge is 0.144 e. The third-order valence-corrected chi connectivity index (χ3v) is 2.91. The summed E-state index contributed by atoms with van der Waals surface area (Å²) in [5, 5.41) is 1.73. The van der Waals surface area contributed by atoms with E-state index in [0.29, 0.717) is 11.1 Å². The van der Waals surface area contributed by atoms with E-state index in [1.54, 1.807) is 0 Å². The number of fused-ring (bicyclic) bond motifs is 1. The maximum absolute atomic E-state index is 6.05. The Morgan fingerprint density at radius 2 is 2.00 bits per heavy atom. The molecular formula is C11H14ClN3. The first-order valence-corrected chi connectivity index (χ1v) is 5.38. The number of aromatic nitrogens is 3. The van der Waals surface area contributed by atoms with Crippen molar-refractivity contribution in [1.82, 2.24) is 14.5 Å². The Morgan fingerprint density at radius 3 is 2.60 bits per heavy atom. The normalized spacial score (nSPS) is 11.6. The highest BCUT2D eigenvalue weighted by atomic mass is 35.5. The topological polar surface area (TPSA) is 30.7 Å². The molecule has 2 heterocycles. The first kappa shape index (κ1) is 10.4. The van der Waals surface area contributed by atoms with Crippen LogP contribution in [0.25, 0.3) is 11.0 Å². The van der Waals surface area contributed by atoms with E-state index in [-0.39, 0.29) is 0 Å². The van der Waals surface area contributed by atoms with E-state index in [2.05, 4.69) is 23.8 Å². The van der Waals surface area contributed by atoms with E-state index >= 15 is 0 Å². The summed E-state index contributed by atoms with van der Waals surface area (Å²) in [4.78, 5) is 9.00. The van der Waals surface area contributed by atoms with Crippen LogP contribution in [0.3, 0.4) is 0 Å². The molecule has 0 atom stereocenters. The van der Waals surface area contributed by atoms with E-state index in [0.717, 1.165) is 22.6 Å². The molecule has 2 rings (SSSR count). The molecule has 80 valence electrons. The quantitative estimate of drug-likeness (QED) is 0.744. The molecule has 0 aliphatic rings. The van der Waals surface area contributed by atoms with Crippen LogP contribution in [-0.4, -0.2) is 14.5 Å². The molecule has 15 heavy (non-hydrogen) atoms. The molecule has 2 aromatic heterocycles. The van der Waals surface area contributed by atoms with Gasteiger partial charge in [-0.2, -0.15) is 0 Å². The van der Waals surface area contributed by atoms with E-state index in [9.17, 15) is 0 Å². The minimum Gasteiger partial charge on any atom is -0.319 e. The van der Waals surface area contributed by atoms with Gasteiger partial charge >= 0.3 is 0 Å². The fourth-order valence-corrected chi connectivity index (χ4v) is 1.78. The van der Waals surface area contributed by atoms with Crippen molar-refractivity contribution in [2.75, 3.05) is 0 Å². The number of hydrogen-bond donors (Lipinski definition) is 0. The van der Waals surface area contributed by atoms with Gasteiger partial charge in [-0.3, -0.25) is 0 Å². The highest BCUT2D eigenvalue weighted by molar-refractivity contribution is 6.30. The Bertz CT molecular complexity index is 514. The van der Waals surface area contributed by atoms with Gasteiger partial charge in [-0.05, 0) is 13.0 Å². The van der Waals surface area contributed by atoms with Gasteiger partial charge < -0.3 is 4.57 Å². The van der Waals surface area contributed by atoms with Gasteiger partial charge in [0, 0.05) is 18.4 Å². The second-order valence-corrected chi connectivity index (χ2v) is 4.47. The Morgan fingerprint density at radius 1 is 1.33 bits per heavy atom. The number of hydrogen-bond acceptors (Lipinski definition) is 2. The minimum atomic E-state index is 0.335. The minimum absolute atomic E-state index is 0.335. The Hall–Kier alpha value is -1.09. The molecule has 0 aliphatic carbocycles. The highest BCUT2D eigenvalue weighted by Gasteiger charge is 2.12. The summed E-state index contributed by atoms with van der Waals surface area (Å²) < 4.78 is 1.89. The first-order valence-electron chi connectivity index (χ1n) is 5.00. The number of halogens is 1. The molecule has 0 aliphatic heterocycles. The molecule has 3 nitrogen and oxygen atoms in total. The summed E-state index contributed by atoms with van der Waals surface area (Å²) in [7, 11) is 1.92. The molecule has 4 heteroatoms. The summed E-state index contributed by atoms with van der Waals surface area (Å²) in [6.45, 7) is 6.17. The molecule has 0 aromatic carbocycles. The van der Waals surface area contributed by atoms with Gasteiger partial charge in [0.25, 0.3) is 0 Å². The second kappa shape index (κ2) is 3.49. The van der Waals surface area contributed by atoms with Crippen molar-refractivity contribution in [3.05, 3.63) is 22.7 Å². The average Bonchev–Trinajstić information content (AvgIpc) is 2.45. The number of aryl methyl sites for hydroxylation is 2. The van der Waals surface area contributed by atoms with Crippen molar-refractivity contribution < 1.29 is 0 Å². The average molecular weight is 224 g/mol. The monoisotopic (exact) mass is 223 g/mol. The lowest BCUT2D eigenvalue weighted by atomic mass is 10.2. The summed E-state index contributed by atoms with van der Waals surface area (Å²) in [6, 6.07) is 1.91. The molecule has 0 bridgehead atoms.